The molecule has 5 aromatic rings. The highest BCUT2D eigenvalue weighted by atomic mass is 79.9. The molecule has 0 saturated carbocycles. The topological polar surface area (TPSA) is 25.4 Å². The van der Waals surface area contributed by atoms with E-state index in [1.807, 2.05) is 6.07 Å². The molecule has 0 aliphatic carbocycles. The molecule has 0 N–H and O–H groups in total. The quantitative estimate of drug-likeness (QED) is 0.154. The minimum absolute atomic E-state index is 0.0302. The summed E-state index contributed by atoms with van der Waals surface area (Å²) in [5, 5.41) is 3.66. The van der Waals surface area contributed by atoms with Crippen LogP contribution in [0.15, 0.2) is 102 Å². The molecule has 0 amide bonds. The number of methoxy groups -OCH3 is 1. The Bertz CT molecular complexity index is 1580. The van der Waals surface area contributed by atoms with Crippen molar-refractivity contribution in [3.05, 3.63) is 118 Å². The normalized spacial score (nSPS) is 14.0. The summed E-state index contributed by atoms with van der Waals surface area (Å²) in [6, 6.07) is 35.0. The van der Waals surface area contributed by atoms with Crippen LogP contribution in [-0.2, 0) is 5.41 Å². The van der Waals surface area contributed by atoms with Crippen molar-refractivity contribution in [1.82, 2.24) is 9.88 Å². The van der Waals surface area contributed by atoms with Crippen LogP contribution in [0.25, 0.3) is 21.7 Å². The van der Waals surface area contributed by atoms with E-state index in [4.69, 9.17) is 9.72 Å². The molecule has 0 aliphatic heterocycles. The van der Waals surface area contributed by atoms with Gasteiger partial charge in [-0.15, -0.1) is 0 Å². The number of unbranched alkanes of at least 4 members (excludes halogenated alkanes) is 1. The molecular weight excluding hydrogens is 544 g/mol. The van der Waals surface area contributed by atoms with Crippen molar-refractivity contribution in [2.45, 2.75) is 37.5 Å². The van der Waals surface area contributed by atoms with Gasteiger partial charge in [0.1, 0.15) is 0 Å². The maximum atomic E-state index is 6.02. The van der Waals surface area contributed by atoms with Gasteiger partial charge in [0.05, 0.1) is 12.6 Å². The highest BCUT2D eigenvalue weighted by molar-refractivity contribution is 9.10. The zero-order chi connectivity index (χ0) is 27.4. The number of hydrogen-bond donors (Lipinski definition) is 0. The number of nitrogens with zero attached hydrogens (tertiary/aromatic N) is 2. The van der Waals surface area contributed by atoms with Gasteiger partial charge in [-0.2, -0.15) is 0 Å². The van der Waals surface area contributed by atoms with Crippen LogP contribution in [0.1, 0.15) is 48.8 Å². The van der Waals surface area contributed by atoms with E-state index in [0.717, 1.165) is 46.7 Å². The minimum atomic E-state index is -0.214. The summed E-state index contributed by atoms with van der Waals surface area (Å²) >= 11 is 3.76. The molecule has 0 spiro atoms. The van der Waals surface area contributed by atoms with E-state index < -0.39 is 0 Å². The van der Waals surface area contributed by atoms with Crippen LogP contribution in [-0.4, -0.2) is 37.6 Å². The third-order valence-corrected chi connectivity index (χ3v) is 8.49. The molecule has 1 aromatic heterocycles. The highest BCUT2D eigenvalue weighted by Gasteiger charge is 2.40. The first-order valence-electron chi connectivity index (χ1n) is 13.7. The Morgan fingerprint density at radius 2 is 1.56 bits per heavy atom. The predicted octanol–water partition coefficient (Wildman–Crippen LogP) is 8.98. The molecule has 5 rings (SSSR count). The second kappa shape index (κ2) is 11.9. The van der Waals surface area contributed by atoms with Crippen LogP contribution in [0.3, 0.4) is 0 Å². The second-order valence-corrected chi connectivity index (χ2v) is 11.9. The van der Waals surface area contributed by atoms with Gasteiger partial charge in [0.2, 0.25) is 5.88 Å². The first kappa shape index (κ1) is 27.4. The van der Waals surface area contributed by atoms with Crippen molar-refractivity contribution in [1.29, 1.82) is 0 Å². The molecule has 0 radical (unpaired) electrons. The Labute approximate surface area is 241 Å². The minimum Gasteiger partial charge on any atom is -0.481 e. The van der Waals surface area contributed by atoms with E-state index in [9.17, 15) is 0 Å². The molecule has 200 valence electrons. The van der Waals surface area contributed by atoms with E-state index in [1.165, 1.54) is 21.9 Å². The predicted molar refractivity (Wildman–Crippen MR) is 168 cm³/mol. The van der Waals surface area contributed by atoms with Crippen molar-refractivity contribution in [3.63, 3.8) is 0 Å². The Hall–Kier alpha value is -3.21. The first-order valence-corrected chi connectivity index (χ1v) is 14.5. The van der Waals surface area contributed by atoms with Crippen LogP contribution in [0.4, 0.5) is 0 Å². The zero-order valence-electron chi connectivity index (χ0n) is 23.3. The highest BCUT2D eigenvalue weighted by Crippen LogP contribution is 2.50. The smallest absolute Gasteiger partial charge is 0.217 e. The maximum Gasteiger partial charge on any atom is 0.217 e. The molecule has 4 aromatic carbocycles. The number of hydrogen-bond acceptors (Lipinski definition) is 3. The molecule has 4 heteroatoms. The number of fused-ring (bicyclic) bond motifs is 2. The summed E-state index contributed by atoms with van der Waals surface area (Å²) in [5.74, 6) is 0.724. The maximum absolute atomic E-state index is 6.02. The number of benzene rings is 4. The molecule has 39 heavy (non-hydrogen) atoms. The van der Waals surface area contributed by atoms with Gasteiger partial charge >= 0.3 is 0 Å². The van der Waals surface area contributed by atoms with Gasteiger partial charge in [0, 0.05) is 26.8 Å². The summed E-state index contributed by atoms with van der Waals surface area (Å²) in [5.41, 5.74) is 4.45. The van der Waals surface area contributed by atoms with Crippen LogP contribution >= 0.6 is 15.9 Å². The Kier molecular flexibility index (Phi) is 8.34. The van der Waals surface area contributed by atoms with E-state index in [1.54, 1.807) is 7.11 Å². The summed E-state index contributed by atoms with van der Waals surface area (Å²) in [7, 11) is 6.04. The van der Waals surface area contributed by atoms with Crippen LogP contribution in [0, 0.1) is 0 Å². The molecule has 0 aliphatic rings. The fourth-order valence-corrected chi connectivity index (χ4v) is 6.40. The lowest BCUT2D eigenvalue weighted by Crippen LogP contribution is -2.32. The molecular formula is C35H37BrN2O. The van der Waals surface area contributed by atoms with Gasteiger partial charge in [0.15, 0.2) is 0 Å². The molecule has 0 fully saturated rings. The standard InChI is InChI=1S/C35H37BrN2O/c1-35(20-9-10-21-38(2)3,29-19-18-25-12-5-6-13-26(25)22-29)33(28-15-11-16-30(36)23-28)31-24-27-14-7-8-17-32(27)37-34(31)39-4/h5-8,11-19,22-24,33H,9-10,20-21H2,1-4H3. The molecule has 2 atom stereocenters. The van der Waals surface area contributed by atoms with Crippen molar-refractivity contribution < 1.29 is 4.74 Å². The Morgan fingerprint density at radius 3 is 2.31 bits per heavy atom. The van der Waals surface area contributed by atoms with Gasteiger partial charge in [-0.25, -0.2) is 4.98 Å². The van der Waals surface area contributed by atoms with Gasteiger partial charge in [0.25, 0.3) is 0 Å². The van der Waals surface area contributed by atoms with E-state index in [0.29, 0.717) is 5.88 Å². The molecule has 2 unspecified atom stereocenters. The number of aromatic nitrogens is 1. The summed E-state index contributed by atoms with van der Waals surface area (Å²) in [6.45, 7) is 3.52. The second-order valence-electron chi connectivity index (χ2n) is 11.0. The van der Waals surface area contributed by atoms with Crippen molar-refractivity contribution >= 4 is 37.6 Å². The van der Waals surface area contributed by atoms with Crippen LogP contribution in [0.5, 0.6) is 5.88 Å². The number of rotatable bonds is 10. The Balaban J connectivity index is 1.75. The number of para-hydroxylation sites is 1. The third kappa shape index (κ3) is 5.88. The van der Waals surface area contributed by atoms with Crippen molar-refractivity contribution in [2.75, 3.05) is 27.7 Å². The van der Waals surface area contributed by atoms with Gasteiger partial charge in [-0.3, -0.25) is 0 Å². The lowest BCUT2D eigenvalue weighted by Gasteiger charge is -2.40. The van der Waals surface area contributed by atoms with E-state index in [-0.39, 0.29) is 11.3 Å². The van der Waals surface area contributed by atoms with Crippen molar-refractivity contribution in [3.8, 4) is 5.88 Å². The summed E-state index contributed by atoms with van der Waals surface area (Å²) < 4.78 is 7.09. The average molecular weight is 582 g/mol. The van der Waals surface area contributed by atoms with Gasteiger partial charge < -0.3 is 9.64 Å². The lowest BCUT2D eigenvalue weighted by atomic mass is 9.63. The SMILES string of the molecule is COc1nc2ccccc2cc1C(c1cccc(Br)c1)C(C)(CCCCN(C)C)c1ccc2ccccc2c1. The molecule has 3 nitrogen and oxygen atoms in total. The van der Waals surface area contributed by atoms with Gasteiger partial charge in [-0.1, -0.05) is 102 Å². The first-order chi connectivity index (χ1) is 18.9. The number of ether oxygens (including phenoxy) is 1. The van der Waals surface area contributed by atoms with Crippen molar-refractivity contribution in [2.24, 2.45) is 0 Å². The van der Waals surface area contributed by atoms with Crippen LogP contribution < -0.4 is 4.74 Å². The zero-order valence-corrected chi connectivity index (χ0v) is 24.9. The van der Waals surface area contributed by atoms with E-state index >= 15 is 0 Å². The molecule has 0 bridgehead atoms. The van der Waals surface area contributed by atoms with Gasteiger partial charge in [-0.05, 0) is 79.6 Å². The number of halogens is 1. The average Bonchev–Trinajstić information content (AvgIpc) is 2.94. The largest absolute Gasteiger partial charge is 0.481 e. The lowest BCUT2D eigenvalue weighted by molar-refractivity contribution is 0.330. The van der Waals surface area contributed by atoms with Crippen LogP contribution in [0.2, 0.25) is 0 Å². The summed E-state index contributed by atoms with van der Waals surface area (Å²) in [4.78, 5) is 7.27. The number of pyridine rings is 1. The van der Waals surface area contributed by atoms with E-state index in [2.05, 4.69) is 133 Å². The Morgan fingerprint density at radius 1 is 0.821 bits per heavy atom. The summed E-state index contributed by atoms with van der Waals surface area (Å²) in [6.07, 6.45) is 3.30. The molecule has 0 saturated heterocycles. The third-order valence-electron chi connectivity index (χ3n) is 8.00. The fraction of sp³-hybridized carbons (Fsp3) is 0.286. The fourth-order valence-electron chi connectivity index (χ4n) is 5.98. The molecule has 1 heterocycles. The monoisotopic (exact) mass is 580 g/mol.